The summed E-state index contributed by atoms with van der Waals surface area (Å²) in [5, 5.41) is 23.3. The Labute approximate surface area is 230 Å². The molecule has 0 aromatic heterocycles. The van der Waals surface area contributed by atoms with Gasteiger partial charge in [0.15, 0.2) is 0 Å². The van der Waals surface area contributed by atoms with Crippen LogP contribution < -0.4 is 69.3 Å². The zero-order chi connectivity index (χ0) is 21.1. The predicted octanol–water partition coefficient (Wildman–Crippen LogP) is -1.07. The van der Waals surface area contributed by atoms with Crippen molar-refractivity contribution in [3.63, 3.8) is 0 Å². The molecular weight excluding hydrogens is 398 g/mol. The van der Waals surface area contributed by atoms with Crippen LogP contribution in [0.4, 0.5) is 0 Å². The smallest absolute Gasteiger partial charge is 0.549 e. The Hall–Kier alpha value is 0.940. The van der Waals surface area contributed by atoms with Gasteiger partial charge in [-0.25, -0.2) is 0 Å². The fourth-order valence-electron chi connectivity index (χ4n) is 3.91. The Bertz CT molecular complexity index is 389. The number of hydrogen-bond acceptors (Lipinski definition) is 4. The van der Waals surface area contributed by atoms with Gasteiger partial charge < -0.3 is 19.8 Å². The van der Waals surface area contributed by atoms with Crippen LogP contribution in [0, 0.1) is 5.41 Å². The maximum atomic E-state index is 11.6. The zero-order valence-corrected chi connectivity index (χ0v) is 24.6. The summed E-state index contributed by atoms with van der Waals surface area (Å²) >= 11 is 0. The number of carboxylic acid groups (broad SMARTS) is 2. The molecule has 0 radical (unpaired) electrons. The van der Waals surface area contributed by atoms with Gasteiger partial charge in [-0.2, -0.15) is 0 Å². The first-order valence-corrected chi connectivity index (χ1v) is 11.9. The fraction of sp³-hybridized carbons (Fsp3) is 0.917. The van der Waals surface area contributed by atoms with E-state index in [0.717, 1.165) is 38.5 Å². The second-order valence-corrected chi connectivity index (χ2v) is 8.46. The number of unbranched alkanes of at least 4 members (excludes halogenated alkanes) is 15. The molecule has 0 atom stereocenters. The summed E-state index contributed by atoms with van der Waals surface area (Å²) in [4.78, 5) is 23.3. The van der Waals surface area contributed by atoms with Crippen molar-refractivity contribution < 1.29 is 78.9 Å². The van der Waals surface area contributed by atoms with E-state index in [1.165, 1.54) is 57.8 Å². The minimum absolute atomic E-state index is 0. The van der Waals surface area contributed by atoms with Gasteiger partial charge in [0.2, 0.25) is 0 Å². The minimum atomic E-state index is -1.80. The van der Waals surface area contributed by atoms with Crippen molar-refractivity contribution in [2.75, 3.05) is 0 Å². The Morgan fingerprint density at radius 2 is 0.733 bits per heavy atom. The van der Waals surface area contributed by atoms with E-state index in [0.29, 0.717) is 12.8 Å². The van der Waals surface area contributed by atoms with Crippen molar-refractivity contribution in [3.05, 3.63) is 0 Å². The molecule has 0 amide bonds. The number of carbonyl (C=O) groups is 2. The van der Waals surface area contributed by atoms with E-state index < -0.39 is 17.4 Å². The molecule has 0 saturated carbocycles. The van der Waals surface area contributed by atoms with Crippen LogP contribution in [0.2, 0.25) is 0 Å². The van der Waals surface area contributed by atoms with Gasteiger partial charge in [-0.05, 0) is 12.8 Å². The molecule has 0 spiro atoms. The second-order valence-electron chi connectivity index (χ2n) is 8.46. The molecule has 0 aliphatic carbocycles. The standard InChI is InChI=1S/C24H46O4.2Na/c1-3-5-7-9-11-12-13-15-17-19-21-24(22(25)26,23(27)28)20-18-16-14-10-8-6-4-2;;/h3-21H2,1-2H3,(H,25,26)(H,27,28);;/q;2*+1/p-2. The van der Waals surface area contributed by atoms with Crippen molar-refractivity contribution in [3.8, 4) is 0 Å². The summed E-state index contributed by atoms with van der Waals surface area (Å²) in [6.45, 7) is 4.38. The molecule has 0 saturated heterocycles. The van der Waals surface area contributed by atoms with Crippen molar-refractivity contribution >= 4 is 11.9 Å². The summed E-state index contributed by atoms with van der Waals surface area (Å²) in [6, 6.07) is 0. The molecule has 0 aromatic rings. The first-order chi connectivity index (χ1) is 13.5. The molecule has 30 heavy (non-hydrogen) atoms. The molecule has 4 nitrogen and oxygen atoms in total. The summed E-state index contributed by atoms with van der Waals surface area (Å²) in [7, 11) is 0. The van der Waals surface area contributed by atoms with Crippen molar-refractivity contribution in [1.29, 1.82) is 0 Å². The van der Waals surface area contributed by atoms with E-state index in [4.69, 9.17) is 0 Å². The van der Waals surface area contributed by atoms with Crippen LogP contribution in [0.3, 0.4) is 0 Å². The Balaban J connectivity index is -0.00000364. The van der Waals surface area contributed by atoms with Gasteiger partial charge in [0.05, 0.1) is 11.9 Å². The van der Waals surface area contributed by atoms with Gasteiger partial charge in [-0.1, -0.05) is 123 Å². The topological polar surface area (TPSA) is 80.3 Å². The number of carbonyl (C=O) groups excluding carboxylic acids is 2. The van der Waals surface area contributed by atoms with E-state index in [1.54, 1.807) is 0 Å². The summed E-state index contributed by atoms with van der Waals surface area (Å²) in [6.07, 6.45) is 18.9. The number of carboxylic acids is 2. The maximum Gasteiger partial charge on any atom is 1.00 e. The van der Waals surface area contributed by atoms with Gasteiger partial charge in [0.25, 0.3) is 0 Å². The molecule has 0 unspecified atom stereocenters. The fourth-order valence-corrected chi connectivity index (χ4v) is 3.91. The van der Waals surface area contributed by atoms with Crippen LogP contribution in [0.25, 0.3) is 0 Å². The van der Waals surface area contributed by atoms with Crippen molar-refractivity contribution in [1.82, 2.24) is 0 Å². The number of hydrogen-bond donors (Lipinski definition) is 0. The molecule has 0 bridgehead atoms. The van der Waals surface area contributed by atoms with E-state index in [1.807, 2.05) is 0 Å². The Morgan fingerprint density at radius 1 is 0.500 bits per heavy atom. The van der Waals surface area contributed by atoms with Gasteiger partial charge >= 0.3 is 59.1 Å². The Kier molecular flexibility index (Phi) is 29.1. The van der Waals surface area contributed by atoms with Gasteiger partial charge in [0.1, 0.15) is 0 Å². The molecular formula is C24H44Na2O4. The van der Waals surface area contributed by atoms with Crippen molar-refractivity contribution in [2.24, 2.45) is 5.41 Å². The third kappa shape index (κ3) is 17.5. The van der Waals surface area contributed by atoms with Crippen LogP contribution in [0.5, 0.6) is 0 Å². The molecule has 0 aliphatic rings. The SMILES string of the molecule is CCCCCCCCCCCCC(CCCCCCCCC)(C(=O)[O-])C(=O)[O-].[Na+].[Na+]. The largest absolute Gasteiger partial charge is 1.00 e. The molecule has 0 rings (SSSR count). The molecule has 6 heteroatoms. The summed E-state index contributed by atoms with van der Waals surface area (Å²) in [5.74, 6) is -2.93. The normalized spacial score (nSPS) is 10.9. The predicted molar refractivity (Wildman–Crippen MR) is 112 cm³/mol. The molecule has 0 N–H and O–H groups in total. The zero-order valence-electron chi connectivity index (χ0n) is 20.6. The molecule has 0 aromatic carbocycles. The minimum Gasteiger partial charge on any atom is -0.549 e. The van der Waals surface area contributed by atoms with Crippen LogP contribution in [-0.2, 0) is 9.59 Å². The first-order valence-electron chi connectivity index (χ1n) is 11.9. The van der Waals surface area contributed by atoms with E-state index in [2.05, 4.69) is 13.8 Å². The number of rotatable bonds is 21. The monoisotopic (exact) mass is 442 g/mol. The van der Waals surface area contributed by atoms with Crippen LogP contribution in [0.1, 0.15) is 136 Å². The molecule has 0 aliphatic heterocycles. The maximum absolute atomic E-state index is 11.6. The van der Waals surface area contributed by atoms with E-state index >= 15 is 0 Å². The second kappa shape index (κ2) is 24.6. The van der Waals surface area contributed by atoms with E-state index in [9.17, 15) is 19.8 Å². The Morgan fingerprint density at radius 3 is 0.967 bits per heavy atom. The summed E-state index contributed by atoms with van der Waals surface area (Å²) < 4.78 is 0. The first kappa shape index (κ1) is 35.5. The van der Waals surface area contributed by atoms with Gasteiger partial charge in [-0.3, -0.25) is 0 Å². The van der Waals surface area contributed by atoms with Gasteiger partial charge in [-0.15, -0.1) is 0 Å². The third-order valence-corrected chi connectivity index (χ3v) is 5.95. The quantitative estimate of drug-likeness (QED) is 0.129. The summed E-state index contributed by atoms with van der Waals surface area (Å²) in [5.41, 5.74) is -1.80. The van der Waals surface area contributed by atoms with Crippen LogP contribution >= 0.6 is 0 Å². The van der Waals surface area contributed by atoms with E-state index in [-0.39, 0.29) is 72.0 Å². The molecule has 0 heterocycles. The number of aliphatic carboxylic acids is 2. The molecule has 166 valence electrons. The average molecular weight is 443 g/mol. The van der Waals surface area contributed by atoms with Crippen LogP contribution in [0.15, 0.2) is 0 Å². The average Bonchev–Trinajstić information content (AvgIpc) is 2.66. The van der Waals surface area contributed by atoms with Gasteiger partial charge in [0, 0.05) is 5.41 Å². The van der Waals surface area contributed by atoms with Crippen molar-refractivity contribution in [2.45, 2.75) is 136 Å². The van der Waals surface area contributed by atoms with Crippen LogP contribution in [-0.4, -0.2) is 11.9 Å². The third-order valence-electron chi connectivity index (χ3n) is 5.95. The molecule has 0 fully saturated rings.